The topological polar surface area (TPSA) is 124 Å². The summed E-state index contributed by atoms with van der Waals surface area (Å²) in [6.07, 6.45) is 5.98. The molecule has 5 rings (SSSR count). The highest BCUT2D eigenvalue weighted by molar-refractivity contribution is 5.85. The van der Waals surface area contributed by atoms with Gasteiger partial charge >= 0.3 is 0 Å². The molecule has 0 radical (unpaired) electrons. The summed E-state index contributed by atoms with van der Waals surface area (Å²) in [6.45, 7) is 6.89. The smallest absolute Gasteiger partial charge is 0.210 e. The third-order valence-corrected chi connectivity index (χ3v) is 6.35. The molecule has 1 saturated carbocycles. The summed E-state index contributed by atoms with van der Waals surface area (Å²) in [5.74, 6) is 2.86. The van der Waals surface area contributed by atoms with Crippen molar-refractivity contribution in [3.8, 4) is 17.6 Å². The van der Waals surface area contributed by atoms with Gasteiger partial charge in [-0.15, -0.1) is 0 Å². The number of imidazole rings is 1. The minimum atomic E-state index is -0.124. The monoisotopic (exact) mass is 498 g/mol. The van der Waals surface area contributed by atoms with Crippen LogP contribution in [0.2, 0.25) is 0 Å². The number of carbonyl (C=O) groups is 1. The molecule has 0 bridgehead atoms. The van der Waals surface area contributed by atoms with Gasteiger partial charge in [0.05, 0.1) is 36.4 Å². The van der Waals surface area contributed by atoms with E-state index in [2.05, 4.69) is 52.2 Å². The van der Waals surface area contributed by atoms with Crippen LogP contribution in [0.1, 0.15) is 51.4 Å². The Morgan fingerprint density at radius 2 is 2.03 bits per heavy atom. The van der Waals surface area contributed by atoms with Crippen molar-refractivity contribution in [2.24, 2.45) is 13.0 Å². The average Bonchev–Trinajstić information content (AvgIpc) is 3.56. The Balaban J connectivity index is 1.35. The van der Waals surface area contributed by atoms with Crippen molar-refractivity contribution in [1.82, 2.24) is 29.3 Å². The van der Waals surface area contributed by atoms with E-state index in [1.165, 1.54) is 0 Å². The molecule has 4 aromatic rings. The molecule has 4 aromatic heterocycles. The summed E-state index contributed by atoms with van der Waals surface area (Å²) in [5, 5.41) is 17.0. The molecule has 10 nitrogen and oxygen atoms in total. The number of Topliss-reactive ketones (excluding diaryl/α,β-unsaturated/α-hetero) is 1. The second-order valence-corrected chi connectivity index (χ2v) is 10.4. The zero-order valence-corrected chi connectivity index (χ0v) is 21.5. The predicted octanol–water partition coefficient (Wildman–Crippen LogP) is 4.83. The van der Waals surface area contributed by atoms with Crippen LogP contribution in [0.25, 0.3) is 11.2 Å². The van der Waals surface area contributed by atoms with Gasteiger partial charge in [-0.3, -0.25) is 14.5 Å². The molecule has 1 aliphatic rings. The van der Waals surface area contributed by atoms with Crippen LogP contribution in [-0.4, -0.2) is 35.1 Å². The van der Waals surface area contributed by atoms with E-state index in [-0.39, 0.29) is 17.1 Å². The summed E-state index contributed by atoms with van der Waals surface area (Å²) in [7, 11) is 1.90. The third-order valence-electron chi connectivity index (χ3n) is 6.35. The van der Waals surface area contributed by atoms with Crippen molar-refractivity contribution in [3.05, 3.63) is 48.0 Å². The van der Waals surface area contributed by atoms with Crippen molar-refractivity contribution in [2.45, 2.75) is 58.4 Å². The lowest BCUT2D eigenvalue weighted by Gasteiger charge is -2.19. The van der Waals surface area contributed by atoms with Crippen LogP contribution in [0.3, 0.4) is 0 Å². The van der Waals surface area contributed by atoms with Crippen molar-refractivity contribution >= 4 is 28.7 Å². The highest BCUT2D eigenvalue weighted by Gasteiger charge is 2.29. The molecular formula is C27H30N8O2. The molecule has 1 fully saturated rings. The fraction of sp³-hybridized carbons (Fsp3) is 0.407. The number of hydrogen-bond acceptors (Lipinski definition) is 8. The Bertz CT molecular complexity index is 1500. The van der Waals surface area contributed by atoms with Gasteiger partial charge in [-0.25, -0.2) is 4.98 Å². The van der Waals surface area contributed by atoms with Crippen molar-refractivity contribution in [3.63, 3.8) is 0 Å². The van der Waals surface area contributed by atoms with E-state index in [1.807, 2.05) is 28.4 Å². The van der Waals surface area contributed by atoms with Gasteiger partial charge in [0.15, 0.2) is 11.5 Å². The molecule has 4 heterocycles. The number of rotatable bonds is 9. The number of fused-ring (bicyclic) bond motifs is 1. The molecule has 0 atom stereocenters. The highest BCUT2D eigenvalue weighted by atomic mass is 16.5. The van der Waals surface area contributed by atoms with Gasteiger partial charge < -0.3 is 14.6 Å². The van der Waals surface area contributed by atoms with Crippen molar-refractivity contribution in [1.29, 1.82) is 5.26 Å². The predicted molar refractivity (Wildman–Crippen MR) is 139 cm³/mol. The van der Waals surface area contributed by atoms with Crippen LogP contribution in [-0.2, 0) is 30.2 Å². The zero-order valence-electron chi connectivity index (χ0n) is 21.5. The molecule has 1 aliphatic carbocycles. The Kier molecular flexibility index (Phi) is 6.38. The Morgan fingerprint density at radius 1 is 1.22 bits per heavy atom. The Morgan fingerprint density at radius 3 is 2.76 bits per heavy atom. The number of nitrogens with zero attached hydrogens (tertiary/aromatic N) is 7. The maximum Gasteiger partial charge on any atom is 0.210 e. The van der Waals surface area contributed by atoms with E-state index in [9.17, 15) is 4.79 Å². The normalized spacial score (nSPS) is 13.5. The number of ketones is 1. The summed E-state index contributed by atoms with van der Waals surface area (Å²) < 4.78 is 9.81. The van der Waals surface area contributed by atoms with Gasteiger partial charge in [-0.05, 0) is 18.9 Å². The SMILES string of the molecule is Cn1c(Nc2cc(C(C)(C)C)n(CCC#N)n2)nc2ncc(Oc3ccnc(CC(=O)C4CC4)c3)cc21. The second-order valence-electron chi connectivity index (χ2n) is 10.4. The van der Waals surface area contributed by atoms with Crippen LogP contribution < -0.4 is 10.1 Å². The van der Waals surface area contributed by atoms with Crippen molar-refractivity contribution in [2.75, 3.05) is 5.32 Å². The number of anilines is 2. The van der Waals surface area contributed by atoms with E-state index in [4.69, 9.17) is 10.00 Å². The van der Waals surface area contributed by atoms with Crippen LogP contribution in [0, 0.1) is 17.2 Å². The van der Waals surface area contributed by atoms with E-state index >= 15 is 0 Å². The summed E-state index contributed by atoms with van der Waals surface area (Å²) >= 11 is 0. The minimum Gasteiger partial charge on any atom is -0.456 e. The largest absolute Gasteiger partial charge is 0.456 e. The maximum absolute atomic E-state index is 12.2. The number of ether oxygens (including phenoxy) is 1. The van der Waals surface area contributed by atoms with E-state index < -0.39 is 0 Å². The third kappa shape index (κ3) is 5.45. The number of hydrogen-bond donors (Lipinski definition) is 1. The molecular weight excluding hydrogens is 468 g/mol. The fourth-order valence-corrected chi connectivity index (χ4v) is 4.22. The second kappa shape index (κ2) is 9.65. The summed E-state index contributed by atoms with van der Waals surface area (Å²) in [5.41, 5.74) is 2.98. The highest BCUT2D eigenvalue weighted by Crippen LogP contribution is 2.32. The molecule has 0 spiro atoms. The number of aromatic nitrogens is 6. The number of nitriles is 1. The first-order valence-electron chi connectivity index (χ1n) is 12.4. The van der Waals surface area contributed by atoms with E-state index in [0.717, 1.165) is 24.1 Å². The summed E-state index contributed by atoms with van der Waals surface area (Å²) in [6, 6.07) is 9.62. The number of pyridine rings is 2. The van der Waals surface area contributed by atoms with Gasteiger partial charge in [0.1, 0.15) is 17.3 Å². The average molecular weight is 499 g/mol. The first-order chi connectivity index (χ1) is 17.7. The van der Waals surface area contributed by atoms with Gasteiger partial charge in [0.2, 0.25) is 5.95 Å². The lowest BCUT2D eigenvalue weighted by molar-refractivity contribution is -0.119. The fourth-order valence-electron chi connectivity index (χ4n) is 4.22. The Labute approximate surface area is 215 Å². The van der Waals surface area contributed by atoms with Gasteiger partial charge in [-0.2, -0.15) is 15.3 Å². The number of carbonyl (C=O) groups excluding carboxylic acids is 1. The van der Waals surface area contributed by atoms with Crippen LogP contribution >= 0.6 is 0 Å². The van der Waals surface area contributed by atoms with Crippen LogP contribution in [0.5, 0.6) is 11.5 Å². The molecule has 190 valence electrons. The van der Waals surface area contributed by atoms with Gasteiger partial charge in [0.25, 0.3) is 0 Å². The van der Waals surface area contributed by atoms with Crippen molar-refractivity contribution < 1.29 is 9.53 Å². The molecule has 0 aromatic carbocycles. The molecule has 1 N–H and O–H groups in total. The molecule has 0 unspecified atom stereocenters. The molecule has 37 heavy (non-hydrogen) atoms. The summed E-state index contributed by atoms with van der Waals surface area (Å²) in [4.78, 5) is 25.6. The molecule has 0 amide bonds. The minimum absolute atomic E-state index is 0.124. The van der Waals surface area contributed by atoms with E-state index in [0.29, 0.717) is 54.0 Å². The quantitative estimate of drug-likeness (QED) is 0.348. The zero-order chi connectivity index (χ0) is 26.2. The lowest BCUT2D eigenvalue weighted by atomic mass is 9.92. The molecule has 0 saturated heterocycles. The van der Waals surface area contributed by atoms with Gasteiger partial charge in [0, 0.05) is 54.9 Å². The van der Waals surface area contributed by atoms with Crippen LogP contribution in [0.4, 0.5) is 11.8 Å². The van der Waals surface area contributed by atoms with Crippen LogP contribution in [0.15, 0.2) is 36.7 Å². The molecule has 10 heteroatoms. The maximum atomic E-state index is 12.2. The Hall–Kier alpha value is -4.26. The lowest BCUT2D eigenvalue weighted by Crippen LogP contribution is -2.18. The van der Waals surface area contributed by atoms with E-state index in [1.54, 1.807) is 24.5 Å². The number of aryl methyl sites for hydroxylation is 2. The number of nitrogens with one attached hydrogen (secondary N) is 1. The molecule has 0 aliphatic heterocycles. The first-order valence-corrected chi connectivity index (χ1v) is 12.4. The van der Waals surface area contributed by atoms with Gasteiger partial charge in [-0.1, -0.05) is 20.8 Å². The standard InChI is InChI=1S/C27H30N8O2/c1-27(2,3)23-15-24(33-35(23)11-5-9-28)31-26-32-25-21(34(26)4)14-20(16-30-25)37-19-8-10-29-18(12-19)13-22(36)17-6-7-17/h8,10,12,14-17H,5-7,11,13H2,1-4H3,(H,30,31,32,33). The first kappa shape index (κ1) is 24.4.